The average molecular weight is 381 g/mol. The van der Waals surface area contributed by atoms with Crippen LogP contribution in [0.25, 0.3) is 0 Å². The number of carboxylic acids is 2. The van der Waals surface area contributed by atoms with Gasteiger partial charge in [0.05, 0.1) is 5.57 Å². The number of rotatable bonds is 5. The van der Waals surface area contributed by atoms with Gasteiger partial charge in [-0.1, -0.05) is 0 Å². The molecule has 1 fully saturated rings. The van der Waals surface area contributed by atoms with Crippen LogP contribution in [0.15, 0.2) is 11.6 Å². The monoisotopic (exact) mass is 381 g/mol. The Morgan fingerprint density at radius 2 is 1.54 bits per heavy atom. The summed E-state index contributed by atoms with van der Waals surface area (Å²) >= 11 is 0. The van der Waals surface area contributed by atoms with E-state index < -0.39 is 64.5 Å². The Morgan fingerprint density at radius 1 is 1.00 bits per heavy atom. The van der Waals surface area contributed by atoms with Gasteiger partial charge in [-0.3, -0.25) is 0 Å². The van der Waals surface area contributed by atoms with Gasteiger partial charge in [0, 0.05) is 18.5 Å². The van der Waals surface area contributed by atoms with Crippen LogP contribution >= 0.6 is 0 Å². The van der Waals surface area contributed by atoms with Crippen LogP contribution in [0.1, 0.15) is 12.8 Å². The smallest absolute Gasteiger partial charge is 0.333 e. The first-order chi connectivity index (χ1) is 12.1. The van der Waals surface area contributed by atoms with Gasteiger partial charge in [0.25, 0.3) is 0 Å². The number of piperidine rings is 1. The molecule has 2 unspecified atom stereocenters. The van der Waals surface area contributed by atoms with Gasteiger partial charge >= 0.3 is 11.9 Å². The predicted molar refractivity (Wildman–Crippen MR) is 75.0 cm³/mol. The maximum Gasteiger partial charge on any atom is 0.333 e. The van der Waals surface area contributed by atoms with E-state index in [1.165, 1.54) is 0 Å². The molecule has 1 aliphatic rings. The maximum absolute atomic E-state index is 13.7. The van der Waals surface area contributed by atoms with Gasteiger partial charge in [-0.05, 0) is 13.0 Å². The summed E-state index contributed by atoms with van der Waals surface area (Å²) in [6, 6.07) is -1.05. The summed E-state index contributed by atoms with van der Waals surface area (Å²) in [5.74, 6) is -15.5. The van der Waals surface area contributed by atoms with E-state index in [1.54, 1.807) is 0 Å². The molecule has 1 aromatic carbocycles. The van der Waals surface area contributed by atoms with E-state index in [-0.39, 0.29) is 19.4 Å². The first kappa shape index (κ1) is 19.6. The van der Waals surface area contributed by atoms with Gasteiger partial charge in [0.2, 0.25) is 29.1 Å². The second kappa shape index (κ2) is 7.68. The predicted octanol–water partition coefficient (Wildman–Crippen LogP) is 1.98. The van der Waals surface area contributed by atoms with Gasteiger partial charge in [-0.15, -0.1) is 0 Å². The van der Waals surface area contributed by atoms with E-state index in [4.69, 9.17) is 14.9 Å². The van der Waals surface area contributed by atoms with Crippen molar-refractivity contribution in [2.75, 3.05) is 6.54 Å². The normalized spacial score (nSPS) is 20.7. The highest BCUT2D eigenvalue weighted by atomic mass is 19.2. The highest BCUT2D eigenvalue weighted by Crippen LogP contribution is 2.31. The maximum atomic E-state index is 13.7. The third-order valence-electron chi connectivity index (χ3n) is 3.71. The van der Waals surface area contributed by atoms with Gasteiger partial charge in [-0.2, -0.15) is 8.78 Å². The molecule has 3 N–H and O–H groups in total. The zero-order valence-corrected chi connectivity index (χ0v) is 12.9. The molecule has 11 heteroatoms. The van der Waals surface area contributed by atoms with Crippen LogP contribution < -0.4 is 10.1 Å². The molecule has 1 saturated heterocycles. The lowest BCUT2D eigenvalue weighted by molar-refractivity contribution is -0.135. The summed E-state index contributed by atoms with van der Waals surface area (Å²) in [7, 11) is 0. The average Bonchev–Trinajstić information content (AvgIpc) is 2.60. The Balaban J connectivity index is 2.27. The molecular weight excluding hydrogens is 369 g/mol. The van der Waals surface area contributed by atoms with E-state index in [1.807, 2.05) is 0 Å². The molecule has 0 saturated carbocycles. The number of halogens is 5. The molecule has 0 radical (unpaired) electrons. The molecule has 1 aliphatic heterocycles. The Hall–Kier alpha value is -2.69. The van der Waals surface area contributed by atoms with Gasteiger partial charge in [-0.25, -0.2) is 22.8 Å². The lowest BCUT2D eigenvalue weighted by atomic mass is 9.95. The fourth-order valence-corrected chi connectivity index (χ4v) is 2.53. The second-order valence-electron chi connectivity index (χ2n) is 5.41. The standard InChI is InChI=1S/C15H12F5NO5/c16-9-10(17)12(19)14(13(20)11(9)18)26-5-1-2-21-7(3-5)6(15(24)25)4-8(22)23/h4-5,7,21H,1-3H2,(H,22,23)(H,24,25). The molecular formula is C15H12F5NO5. The third-order valence-corrected chi connectivity index (χ3v) is 3.71. The molecule has 2 atom stereocenters. The highest BCUT2D eigenvalue weighted by Gasteiger charge is 2.33. The van der Waals surface area contributed by atoms with Crippen LogP contribution in [0.5, 0.6) is 5.75 Å². The summed E-state index contributed by atoms with van der Waals surface area (Å²) in [6.45, 7) is 0.0645. The van der Waals surface area contributed by atoms with Crippen LogP contribution in [0, 0.1) is 29.1 Å². The van der Waals surface area contributed by atoms with Crippen molar-refractivity contribution in [2.45, 2.75) is 25.0 Å². The summed E-state index contributed by atoms with van der Waals surface area (Å²) in [5, 5.41) is 20.5. The van der Waals surface area contributed by atoms with Crippen molar-refractivity contribution in [3.8, 4) is 5.75 Å². The number of hydrogen-bond acceptors (Lipinski definition) is 4. The largest absolute Gasteiger partial charge is 0.484 e. The van der Waals surface area contributed by atoms with Gasteiger partial charge in [0.15, 0.2) is 5.75 Å². The number of hydrogen-bond donors (Lipinski definition) is 3. The molecule has 0 bridgehead atoms. The van der Waals surface area contributed by atoms with Crippen molar-refractivity contribution in [1.29, 1.82) is 0 Å². The minimum absolute atomic E-state index is 0.0645. The zero-order chi connectivity index (χ0) is 19.6. The van der Waals surface area contributed by atoms with Crippen molar-refractivity contribution < 1.29 is 46.5 Å². The molecule has 0 aliphatic carbocycles. The number of nitrogens with one attached hydrogen (secondary N) is 1. The van der Waals surface area contributed by atoms with Crippen molar-refractivity contribution in [1.82, 2.24) is 5.32 Å². The lowest BCUT2D eigenvalue weighted by Crippen LogP contribution is -2.45. The fourth-order valence-electron chi connectivity index (χ4n) is 2.53. The van der Waals surface area contributed by atoms with Crippen LogP contribution in [0.3, 0.4) is 0 Å². The Morgan fingerprint density at radius 3 is 2.04 bits per heavy atom. The molecule has 26 heavy (non-hydrogen) atoms. The van der Waals surface area contributed by atoms with Crippen LogP contribution in [0.2, 0.25) is 0 Å². The van der Waals surface area contributed by atoms with Crippen molar-refractivity contribution in [2.24, 2.45) is 0 Å². The quantitative estimate of drug-likeness (QED) is 0.312. The number of benzene rings is 1. The lowest BCUT2D eigenvalue weighted by Gasteiger charge is -2.31. The Bertz CT molecular complexity index is 753. The van der Waals surface area contributed by atoms with Crippen molar-refractivity contribution >= 4 is 11.9 Å². The first-order valence-electron chi connectivity index (χ1n) is 7.22. The molecule has 0 aromatic heterocycles. The molecule has 0 amide bonds. The number of aliphatic carboxylic acids is 2. The Labute approximate surface area is 142 Å². The van der Waals surface area contributed by atoms with Gasteiger partial charge in [0.1, 0.15) is 6.10 Å². The summed E-state index contributed by atoms with van der Waals surface area (Å²) in [4.78, 5) is 21.9. The molecule has 1 heterocycles. The topological polar surface area (TPSA) is 95.9 Å². The summed E-state index contributed by atoms with van der Waals surface area (Å²) in [6.07, 6.45) is -0.854. The third kappa shape index (κ3) is 3.93. The van der Waals surface area contributed by atoms with Crippen molar-refractivity contribution in [3.63, 3.8) is 0 Å². The van der Waals surface area contributed by atoms with Crippen LogP contribution in [-0.2, 0) is 9.59 Å². The molecule has 142 valence electrons. The number of ether oxygens (including phenoxy) is 1. The minimum atomic E-state index is -2.33. The highest BCUT2D eigenvalue weighted by molar-refractivity contribution is 5.95. The Kier molecular flexibility index (Phi) is 5.80. The van der Waals surface area contributed by atoms with E-state index >= 15 is 0 Å². The number of carbonyl (C=O) groups is 2. The SMILES string of the molecule is O=C(O)C=C(C(=O)O)C1CC(Oc2c(F)c(F)c(F)c(F)c2F)CCN1. The van der Waals surface area contributed by atoms with E-state index in [0.29, 0.717) is 6.08 Å². The summed E-state index contributed by atoms with van der Waals surface area (Å²) in [5.41, 5.74) is -0.539. The van der Waals surface area contributed by atoms with Crippen LogP contribution in [0.4, 0.5) is 22.0 Å². The van der Waals surface area contributed by atoms with Crippen molar-refractivity contribution in [3.05, 3.63) is 40.7 Å². The molecule has 6 nitrogen and oxygen atoms in total. The molecule has 1 aromatic rings. The minimum Gasteiger partial charge on any atom is -0.484 e. The zero-order valence-electron chi connectivity index (χ0n) is 12.9. The van der Waals surface area contributed by atoms with Gasteiger partial charge < -0.3 is 20.3 Å². The summed E-state index contributed by atoms with van der Waals surface area (Å²) < 4.78 is 71.7. The molecule has 2 rings (SSSR count). The van der Waals surface area contributed by atoms with E-state index in [9.17, 15) is 31.5 Å². The van der Waals surface area contributed by atoms with E-state index in [0.717, 1.165) is 0 Å². The van der Waals surface area contributed by atoms with E-state index in [2.05, 4.69) is 5.32 Å². The molecule has 0 spiro atoms. The first-order valence-corrected chi connectivity index (χ1v) is 7.22. The number of carboxylic acid groups (broad SMARTS) is 2. The second-order valence-corrected chi connectivity index (χ2v) is 5.41. The van der Waals surface area contributed by atoms with Crippen LogP contribution in [-0.4, -0.2) is 40.8 Å². The fraction of sp³-hybridized carbons (Fsp3) is 0.333.